The molecule has 0 saturated heterocycles. The third-order valence-corrected chi connectivity index (χ3v) is 1.71. The van der Waals surface area contributed by atoms with Crippen LogP contribution < -0.4 is 0 Å². The van der Waals surface area contributed by atoms with E-state index in [1.54, 1.807) is 6.08 Å². The summed E-state index contributed by atoms with van der Waals surface area (Å²) in [6, 6.07) is 0. The molecule has 0 heterocycles. The first kappa shape index (κ1) is 12.4. The van der Waals surface area contributed by atoms with Gasteiger partial charge in [-0.15, -0.1) is 0 Å². The smallest absolute Gasteiger partial charge is 0.0739 e. The van der Waals surface area contributed by atoms with Gasteiger partial charge in [0.15, 0.2) is 0 Å². The first-order chi connectivity index (χ1) is 6.65. The monoisotopic (exact) mass is 187 g/mol. The van der Waals surface area contributed by atoms with Crippen molar-refractivity contribution in [3.63, 3.8) is 0 Å². The molecule has 0 aromatic rings. The molecule has 0 aromatic carbocycles. The summed E-state index contributed by atoms with van der Waals surface area (Å²) in [5.41, 5.74) is 8.14. The van der Waals surface area contributed by atoms with Crippen molar-refractivity contribution in [1.82, 2.24) is 0 Å². The quantitative estimate of drug-likeness (QED) is 0.468. The molecule has 0 saturated carbocycles. The molecule has 0 aliphatic heterocycles. The van der Waals surface area contributed by atoms with Crippen molar-refractivity contribution in [2.75, 3.05) is 0 Å². The van der Waals surface area contributed by atoms with Crippen LogP contribution in [0.5, 0.6) is 0 Å². The van der Waals surface area contributed by atoms with E-state index in [4.69, 9.17) is 0 Å². The van der Waals surface area contributed by atoms with Crippen molar-refractivity contribution >= 4 is 5.71 Å². The molecule has 0 aliphatic carbocycles. The Morgan fingerprint density at radius 3 is 2.50 bits per heavy atom. The highest BCUT2D eigenvalue weighted by molar-refractivity contribution is 6.07. The van der Waals surface area contributed by atoms with Crippen LogP contribution in [0.4, 0.5) is 0 Å². The molecule has 1 heteroatoms. The predicted octanol–water partition coefficient (Wildman–Crippen LogP) is 3.81. The largest absolute Gasteiger partial charge is 0.253 e. The van der Waals surface area contributed by atoms with Crippen molar-refractivity contribution in [3.05, 3.63) is 48.0 Å². The van der Waals surface area contributed by atoms with Crippen molar-refractivity contribution in [3.8, 4) is 0 Å². The molecular weight excluding hydrogens is 170 g/mol. The van der Waals surface area contributed by atoms with Gasteiger partial charge in [0.25, 0.3) is 0 Å². The van der Waals surface area contributed by atoms with E-state index < -0.39 is 0 Å². The zero-order chi connectivity index (χ0) is 11.0. The van der Waals surface area contributed by atoms with E-state index in [1.807, 2.05) is 19.9 Å². The SMILES string of the molecule is C=C=C=CC(=N/C(=C\C)CC)C(=C)C. The lowest BCUT2D eigenvalue weighted by molar-refractivity contribution is 1.06. The van der Waals surface area contributed by atoms with Crippen LogP contribution in [0.25, 0.3) is 0 Å². The van der Waals surface area contributed by atoms with Crippen LogP contribution in [-0.4, -0.2) is 5.71 Å². The number of rotatable bonds is 4. The van der Waals surface area contributed by atoms with Crippen molar-refractivity contribution in [1.29, 1.82) is 0 Å². The molecule has 0 radical (unpaired) electrons. The number of hydrogen-bond acceptors (Lipinski definition) is 1. The summed E-state index contributed by atoms with van der Waals surface area (Å²) < 4.78 is 0. The average Bonchev–Trinajstić information content (AvgIpc) is 2.18. The lowest BCUT2D eigenvalue weighted by Gasteiger charge is -2.00. The maximum Gasteiger partial charge on any atom is 0.0739 e. The van der Waals surface area contributed by atoms with Gasteiger partial charge in [-0.3, -0.25) is 4.99 Å². The van der Waals surface area contributed by atoms with Gasteiger partial charge in [-0.05, 0) is 32.4 Å². The molecule has 14 heavy (non-hydrogen) atoms. The molecule has 0 unspecified atom stereocenters. The summed E-state index contributed by atoms with van der Waals surface area (Å²) in [5.74, 6) is 0. The highest BCUT2D eigenvalue weighted by Crippen LogP contribution is 2.06. The van der Waals surface area contributed by atoms with Crippen molar-refractivity contribution < 1.29 is 0 Å². The van der Waals surface area contributed by atoms with Gasteiger partial charge < -0.3 is 0 Å². The standard InChI is InChI=1S/C13H17N/c1-6-9-10-13(11(4)5)14-12(7-2)8-3/h7,10H,1,4,8H2,2-3,5H3/b12-7-,14-13?. The van der Waals surface area contributed by atoms with E-state index in [0.29, 0.717) is 0 Å². The maximum absolute atomic E-state index is 4.44. The Hall–Kier alpha value is -1.55. The Bertz CT molecular complexity index is 343. The summed E-state index contributed by atoms with van der Waals surface area (Å²) in [7, 11) is 0. The molecular formula is C13H17N. The van der Waals surface area contributed by atoms with E-state index in [0.717, 1.165) is 23.4 Å². The third kappa shape index (κ3) is 4.47. The van der Waals surface area contributed by atoms with Crippen molar-refractivity contribution in [2.24, 2.45) is 4.99 Å². The molecule has 0 rings (SSSR count). The van der Waals surface area contributed by atoms with Crippen LogP contribution in [0.1, 0.15) is 27.2 Å². The Morgan fingerprint density at radius 1 is 1.50 bits per heavy atom. The molecule has 0 aromatic heterocycles. The van der Waals surface area contributed by atoms with E-state index in [2.05, 4.69) is 36.5 Å². The minimum atomic E-state index is 0.830. The first-order valence-corrected chi connectivity index (χ1v) is 4.66. The number of allylic oxidation sites excluding steroid dienone is 4. The molecule has 0 spiro atoms. The fraction of sp³-hybridized carbons (Fsp3) is 0.308. The van der Waals surface area contributed by atoms with E-state index >= 15 is 0 Å². The van der Waals surface area contributed by atoms with Gasteiger partial charge in [0.2, 0.25) is 0 Å². The molecule has 74 valence electrons. The summed E-state index contributed by atoms with van der Waals surface area (Å²) in [6.07, 6.45) is 4.65. The average molecular weight is 187 g/mol. The zero-order valence-electron chi connectivity index (χ0n) is 9.22. The Balaban J connectivity index is 5.10. The normalized spacial score (nSPS) is 11.6. The second kappa shape index (κ2) is 6.91. The Morgan fingerprint density at radius 2 is 2.14 bits per heavy atom. The summed E-state index contributed by atoms with van der Waals surface area (Å²) in [6.45, 7) is 13.3. The van der Waals surface area contributed by atoms with Crippen LogP contribution in [-0.2, 0) is 0 Å². The third-order valence-electron chi connectivity index (χ3n) is 1.71. The number of aliphatic imine (C=N–C) groups is 1. The molecule has 0 bridgehead atoms. The fourth-order valence-corrected chi connectivity index (χ4v) is 0.873. The molecule has 0 amide bonds. The van der Waals surface area contributed by atoms with Gasteiger partial charge in [-0.2, -0.15) is 0 Å². The van der Waals surface area contributed by atoms with Crippen LogP contribution in [0.15, 0.2) is 53.0 Å². The lowest BCUT2D eigenvalue weighted by Crippen LogP contribution is -1.94. The van der Waals surface area contributed by atoms with E-state index in [1.165, 1.54) is 0 Å². The van der Waals surface area contributed by atoms with Crippen molar-refractivity contribution in [2.45, 2.75) is 27.2 Å². The first-order valence-electron chi connectivity index (χ1n) is 4.66. The van der Waals surface area contributed by atoms with Gasteiger partial charge in [-0.25, -0.2) is 0 Å². The molecule has 0 N–H and O–H groups in total. The highest BCUT2D eigenvalue weighted by Gasteiger charge is 1.96. The zero-order valence-corrected chi connectivity index (χ0v) is 9.22. The van der Waals surface area contributed by atoms with Gasteiger partial charge in [0, 0.05) is 11.8 Å². The van der Waals surface area contributed by atoms with Crippen LogP contribution in [0.2, 0.25) is 0 Å². The van der Waals surface area contributed by atoms with E-state index in [-0.39, 0.29) is 0 Å². The minimum absolute atomic E-state index is 0.830. The van der Waals surface area contributed by atoms with Crippen LogP contribution in [0, 0.1) is 0 Å². The molecule has 1 nitrogen and oxygen atoms in total. The highest BCUT2D eigenvalue weighted by atomic mass is 14.8. The van der Waals surface area contributed by atoms with Gasteiger partial charge in [0.1, 0.15) is 0 Å². The molecule has 0 fully saturated rings. The topological polar surface area (TPSA) is 12.4 Å². The van der Waals surface area contributed by atoms with Gasteiger partial charge in [0.05, 0.1) is 5.71 Å². The fourth-order valence-electron chi connectivity index (χ4n) is 0.873. The lowest BCUT2D eigenvalue weighted by atomic mass is 10.2. The van der Waals surface area contributed by atoms with Gasteiger partial charge in [-0.1, -0.05) is 31.0 Å². The second-order valence-electron chi connectivity index (χ2n) is 2.88. The maximum atomic E-state index is 4.44. The Labute approximate surface area is 86.6 Å². The van der Waals surface area contributed by atoms with Crippen LogP contribution >= 0.6 is 0 Å². The predicted molar refractivity (Wildman–Crippen MR) is 63.5 cm³/mol. The molecule has 0 atom stereocenters. The Kier molecular flexibility index (Phi) is 6.15. The molecule has 0 aliphatic rings. The summed E-state index contributed by atoms with van der Waals surface area (Å²) in [4.78, 5) is 4.44. The number of nitrogens with zero attached hydrogens (tertiary/aromatic N) is 1. The second-order valence-corrected chi connectivity index (χ2v) is 2.88. The van der Waals surface area contributed by atoms with Crippen LogP contribution in [0.3, 0.4) is 0 Å². The minimum Gasteiger partial charge on any atom is -0.253 e. The van der Waals surface area contributed by atoms with E-state index in [9.17, 15) is 0 Å². The summed E-state index contributed by atoms with van der Waals surface area (Å²) >= 11 is 0. The van der Waals surface area contributed by atoms with Gasteiger partial charge >= 0.3 is 0 Å². The number of hydrogen-bond donors (Lipinski definition) is 0. The summed E-state index contributed by atoms with van der Waals surface area (Å²) in [5, 5.41) is 0.